The predicted octanol–water partition coefficient (Wildman–Crippen LogP) is 1.61. The van der Waals surface area contributed by atoms with Crippen LogP contribution in [0.5, 0.6) is 0 Å². The summed E-state index contributed by atoms with van der Waals surface area (Å²) in [4.78, 5) is 0. The van der Waals surface area contributed by atoms with E-state index in [1.807, 2.05) is 11.8 Å². The van der Waals surface area contributed by atoms with Gasteiger partial charge in [-0.05, 0) is 31.9 Å². The maximum Gasteiger partial charge on any atom is 0.128 e. The van der Waals surface area contributed by atoms with Crippen LogP contribution in [0.3, 0.4) is 0 Å². The van der Waals surface area contributed by atoms with E-state index in [2.05, 4.69) is 12.2 Å². The van der Waals surface area contributed by atoms with Crippen molar-refractivity contribution in [3.63, 3.8) is 0 Å². The molecule has 2 atom stereocenters. The fourth-order valence-corrected chi connectivity index (χ4v) is 3.13. The zero-order chi connectivity index (χ0) is 8.44. The fraction of sp³-hybridized carbons (Fsp3) is 1.00. The molecule has 3 heteroatoms. The summed E-state index contributed by atoms with van der Waals surface area (Å²) < 4.78 is 5.98. The Labute approximate surface area is 78.4 Å². The van der Waals surface area contributed by atoms with E-state index < -0.39 is 0 Å². The van der Waals surface area contributed by atoms with E-state index in [-0.39, 0.29) is 5.72 Å². The third kappa shape index (κ3) is 1.78. The zero-order valence-corrected chi connectivity index (χ0v) is 8.45. The lowest BCUT2D eigenvalue weighted by atomic mass is 10.1. The van der Waals surface area contributed by atoms with Crippen molar-refractivity contribution in [3.05, 3.63) is 0 Å². The second-order valence-electron chi connectivity index (χ2n) is 3.79. The maximum atomic E-state index is 5.98. The van der Waals surface area contributed by atoms with Crippen molar-refractivity contribution in [2.75, 3.05) is 18.1 Å². The van der Waals surface area contributed by atoms with E-state index in [4.69, 9.17) is 4.74 Å². The molecule has 2 saturated heterocycles. The second kappa shape index (κ2) is 3.56. The summed E-state index contributed by atoms with van der Waals surface area (Å²) in [7, 11) is 0. The quantitative estimate of drug-likeness (QED) is 0.622. The van der Waals surface area contributed by atoms with E-state index in [0.717, 1.165) is 18.7 Å². The Balaban J connectivity index is 1.97. The lowest BCUT2D eigenvalue weighted by molar-refractivity contribution is -0.126. The minimum absolute atomic E-state index is 0.0422. The van der Waals surface area contributed by atoms with Crippen LogP contribution in [0.1, 0.15) is 26.2 Å². The smallest absolute Gasteiger partial charge is 0.128 e. The van der Waals surface area contributed by atoms with E-state index >= 15 is 0 Å². The summed E-state index contributed by atoms with van der Waals surface area (Å²) >= 11 is 2.01. The molecule has 0 aromatic carbocycles. The zero-order valence-electron chi connectivity index (χ0n) is 7.64. The first-order valence-corrected chi connectivity index (χ1v) is 5.97. The molecule has 2 nitrogen and oxygen atoms in total. The SMILES string of the molecule is CC1CCNC2(CCCSC2)O1. The van der Waals surface area contributed by atoms with Gasteiger partial charge in [0, 0.05) is 12.3 Å². The molecule has 1 spiro atoms. The molecule has 0 aromatic heterocycles. The first-order chi connectivity index (χ1) is 5.81. The number of nitrogens with one attached hydrogen (secondary N) is 1. The molecular weight excluding hydrogens is 170 g/mol. The summed E-state index contributed by atoms with van der Waals surface area (Å²) in [5, 5.41) is 3.52. The fourth-order valence-electron chi connectivity index (χ4n) is 1.99. The van der Waals surface area contributed by atoms with E-state index in [0.29, 0.717) is 6.10 Å². The first kappa shape index (κ1) is 8.85. The van der Waals surface area contributed by atoms with Crippen LogP contribution in [0, 0.1) is 0 Å². The van der Waals surface area contributed by atoms with Gasteiger partial charge in [-0.1, -0.05) is 0 Å². The average Bonchev–Trinajstić information content (AvgIpc) is 2.05. The summed E-state index contributed by atoms with van der Waals surface area (Å²) in [5.74, 6) is 2.44. The number of thioether (sulfide) groups is 1. The van der Waals surface area contributed by atoms with Crippen LogP contribution in [0.2, 0.25) is 0 Å². The van der Waals surface area contributed by atoms with Crippen LogP contribution < -0.4 is 5.32 Å². The van der Waals surface area contributed by atoms with Gasteiger partial charge < -0.3 is 4.74 Å². The monoisotopic (exact) mass is 187 g/mol. The minimum Gasteiger partial charge on any atom is -0.357 e. The Hall–Kier alpha value is 0.270. The summed E-state index contributed by atoms with van der Waals surface area (Å²) in [6, 6.07) is 0. The Morgan fingerprint density at radius 3 is 3.17 bits per heavy atom. The van der Waals surface area contributed by atoms with Gasteiger partial charge in [0.1, 0.15) is 5.72 Å². The summed E-state index contributed by atoms with van der Waals surface area (Å²) in [5.41, 5.74) is 0.0422. The molecule has 2 aliphatic heterocycles. The normalized spacial score (nSPS) is 43.2. The van der Waals surface area contributed by atoms with Gasteiger partial charge in [0.2, 0.25) is 0 Å². The standard InChI is InChI=1S/C9H17NOS/c1-8-3-5-10-9(11-8)4-2-6-12-7-9/h8,10H,2-7H2,1H3. The van der Waals surface area contributed by atoms with Crippen molar-refractivity contribution in [3.8, 4) is 0 Å². The molecule has 2 rings (SSSR count). The van der Waals surface area contributed by atoms with E-state index in [1.54, 1.807) is 0 Å². The van der Waals surface area contributed by atoms with Gasteiger partial charge in [-0.15, -0.1) is 0 Å². The van der Waals surface area contributed by atoms with Gasteiger partial charge in [0.15, 0.2) is 0 Å². The van der Waals surface area contributed by atoms with Crippen molar-refractivity contribution in [1.82, 2.24) is 5.32 Å². The van der Waals surface area contributed by atoms with Crippen molar-refractivity contribution >= 4 is 11.8 Å². The molecule has 0 aromatic rings. The third-order valence-electron chi connectivity index (χ3n) is 2.63. The Kier molecular flexibility index (Phi) is 2.63. The predicted molar refractivity (Wildman–Crippen MR) is 52.5 cm³/mol. The molecule has 0 saturated carbocycles. The van der Waals surface area contributed by atoms with E-state index in [1.165, 1.54) is 18.6 Å². The van der Waals surface area contributed by atoms with E-state index in [9.17, 15) is 0 Å². The Morgan fingerprint density at radius 2 is 2.50 bits per heavy atom. The molecule has 1 N–H and O–H groups in total. The molecule has 2 fully saturated rings. The number of ether oxygens (including phenoxy) is 1. The highest BCUT2D eigenvalue weighted by Gasteiger charge is 2.36. The van der Waals surface area contributed by atoms with Crippen molar-refractivity contribution in [2.24, 2.45) is 0 Å². The van der Waals surface area contributed by atoms with Crippen molar-refractivity contribution < 1.29 is 4.74 Å². The van der Waals surface area contributed by atoms with Gasteiger partial charge in [-0.2, -0.15) is 11.8 Å². The number of hydrogen-bond acceptors (Lipinski definition) is 3. The molecular formula is C9H17NOS. The van der Waals surface area contributed by atoms with Crippen molar-refractivity contribution in [1.29, 1.82) is 0 Å². The highest BCUT2D eigenvalue weighted by atomic mass is 32.2. The van der Waals surface area contributed by atoms with Crippen LogP contribution in [0.15, 0.2) is 0 Å². The number of hydrogen-bond donors (Lipinski definition) is 1. The van der Waals surface area contributed by atoms with Gasteiger partial charge in [0.05, 0.1) is 6.10 Å². The highest BCUT2D eigenvalue weighted by molar-refractivity contribution is 7.99. The molecule has 0 bridgehead atoms. The molecule has 12 heavy (non-hydrogen) atoms. The van der Waals surface area contributed by atoms with Crippen LogP contribution >= 0.6 is 11.8 Å². The first-order valence-electron chi connectivity index (χ1n) is 4.81. The number of rotatable bonds is 0. The lowest BCUT2D eigenvalue weighted by Crippen LogP contribution is -2.57. The Bertz CT molecular complexity index is 151. The molecule has 2 unspecified atom stereocenters. The van der Waals surface area contributed by atoms with Gasteiger partial charge in [-0.25, -0.2) is 0 Å². The average molecular weight is 187 g/mol. The minimum atomic E-state index is 0.0422. The van der Waals surface area contributed by atoms with Crippen molar-refractivity contribution in [2.45, 2.75) is 38.0 Å². The van der Waals surface area contributed by atoms with Gasteiger partial charge >= 0.3 is 0 Å². The summed E-state index contributed by atoms with van der Waals surface area (Å²) in [6.07, 6.45) is 4.10. The lowest BCUT2D eigenvalue weighted by Gasteiger charge is -2.43. The molecule has 0 aliphatic carbocycles. The molecule has 0 amide bonds. The van der Waals surface area contributed by atoms with Crippen LogP contribution in [0.25, 0.3) is 0 Å². The van der Waals surface area contributed by atoms with Gasteiger partial charge in [-0.3, -0.25) is 5.32 Å². The third-order valence-corrected chi connectivity index (χ3v) is 3.88. The largest absolute Gasteiger partial charge is 0.357 e. The Morgan fingerprint density at radius 1 is 1.58 bits per heavy atom. The molecule has 70 valence electrons. The second-order valence-corrected chi connectivity index (χ2v) is 4.90. The van der Waals surface area contributed by atoms with Crippen LogP contribution in [-0.4, -0.2) is 29.9 Å². The topological polar surface area (TPSA) is 21.3 Å². The maximum absolute atomic E-state index is 5.98. The van der Waals surface area contributed by atoms with Crippen LogP contribution in [-0.2, 0) is 4.74 Å². The highest BCUT2D eigenvalue weighted by Crippen LogP contribution is 2.31. The molecule has 2 heterocycles. The molecule has 2 aliphatic rings. The summed E-state index contributed by atoms with van der Waals surface area (Å²) in [6.45, 7) is 3.31. The van der Waals surface area contributed by atoms with Crippen LogP contribution in [0.4, 0.5) is 0 Å². The molecule has 0 radical (unpaired) electrons. The van der Waals surface area contributed by atoms with Gasteiger partial charge in [0.25, 0.3) is 0 Å².